The van der Waals surface area contributed by atoms with Crippen LogP contribution in [0.25, 0.3) is 0 Å². The van der Waals surface area contributed by atoms with Crippen LogP contribution in [0.1, 0.15) is 11.3 Å². The van der Waals surface area contributed by atoms with Gasteiger partial charge in [0, 0.05) is 12.1 Å². The van der Waals surface area contributed by atoms with Gasteiger partial charge in [0.2, 0.25) is 0 Å². The van der Waals surface area contributed by atoms with Gasteiger partial charge in [0.1, 0.15) is 5.76 Å². The number of halogens is 1. The van der Waals surface area contributed by atoms with Crippen molar-refractivity contribution in [3.05, 3.63) is 23.7 Å². The van der Waals surface area contributed by atoms with E-state index in [1.807, 2.05) is 13.0 Å². The number of rotatable bonds is 1. The smallest absolute Gasteiger partial charge is 0.105 e. The highest BCUT2D eigenvalue weighted by atomic mass is 35.5. The Labute approximate surface area is 60.4 Å². The lowest BCUT2D eigenvalue weighted by molar-refractivity contribution is 0.530. The van der Waals surface area contributed by atoms with E-state index in [1.165, 1.54) is 0 Å². The van der Waals surface area contributed by atoms with E-state index in [9.17, 15) is 0 Å². The van der Waals surface area contributed by atoms with Crippen molar-refractivity contribution in [3.63, 3.8) is 0 Å². The standard InChI is InChI=1S/C6H9NO.ClH/c1-5-6(4-7)2-3-8-5;/h2-3H,4,7H2,1H3;1H. The first kappa shape index (κ1) is 8.53. The lowest BCUT2D eigenvalue weighted by Crippen LogP contribution is -1.94. The molecule has 0 aliphatic carbocycles. The van der Waals surface area contributed by atoms with Crippen LogP contribution in [0.5, 0.6) is 0 Å². The predicted molar refractivity (Wildman–Crippen MR) is 38.6 cm³/mol. The van der Waals surface area contributed by atoms with Crippen LogP contribution in [0.3, 0.4) is 0 Å². The Balaban J connectivity index is 0.000000640. The molecule has 9 heavy (non-hydrogen) atoms. The first-order valence-corrected chi connectivity index (χ1v) is 2.57. The summed E-state index contributed by atoms with van der Waals surface area (Å²) in [5.74, 6) is 0.924. The Hall–Kier alpha value is -0.470. The molecule has 0 saturated heterocycles. The molecule has 0 radical (unpaired) electrons. The summed E-state index contributed by atoms with van der Waals surface area (Å²) in [7, 11) is 0. The number of hydrogen-bond donors (Lipinski definition) is 1. The summed E-state index contributed by atoms with van der Waals surface area (Å²) in [6.07, 6.45) is 1.65. The number of furan rings is 1. The first-order valence-electron chi connectivity index (χ1n) is 2.57. The SMILES string of the molecule is Cc1occc1CN.Cl. The summed E-state index contributed by atoms with van der Waals surface area (Å²) in [6.45, 7) is 2.48. The molecule has 1 aromatic rings. The maximum Gasteiger partial charge on any atom is 0.105 e. The molecule has 1 aromatic heterocycles. The van der Waals surface area contributed by atoms with Gasteiger partial charge in [0.05, 0.1) is 6.26 Å². The quantitative estimate of drug-likeness (QED) is 0.654. The Morgan fingerprint density at radius 2 is 2.33 bits per heavy atom. The Morgan fingerprint density at radius 1 is 1.67 bits per heavy atom. The van der Waals surface area contributed by atoms with Gasteiger partial charge in [-0.1, -0.05) is 0 Å². The highest BCUT2D eigenvalue weighted by Crippen LogP contribution is 2.05. The molecule has 0 amide bonds. The molecule has 52 valence electrons. The van der Waals surface area contributed by atoms with E-state index in [1.54, 1.807) is 6.26 Å². The van der Waals surface area contributed by atoms with Crippen molar-refractivity contribution in [2.45, 2.75) is 13.5 Å². The predicted octanol–water partition coefficient (Wildman–Crippen LogP) is 1.47. The second kappa shape index (κ2) is 3.54. The average molecular weight is 148 g/mol. The number of nitrogens with two attached hydrogens (primary N) is 1. The van der Waals surface area contributed by atoms with Crippen molar-refractivity contribution >= 4 is 12.4 Å². The van der Waals surface area contributed by atoms with Crippen LogP contribution in [0.4, 0.5) is 0 Å². The molecule has 1 rings (SSSR count). The van der Waals surface area contributed by atoms with Gasteiger partial charge in [-0.25, -0.2) is 0 Å². The Bertz CT molecular complexity index is 173. The maximum absolute atomic E-state index is 5.34. The lowest BCUT2D eigenvalue weighted by atomic mass is 10.3. The summed E-state index contributed by atoms with van der Waals surface area (Å²) >= 11 is 0. The summed E-state index contributed by atoms with van der Waals surface area (Å²) in [4.78, 5) is 0. The fraction of sp³-hybridized carbons (Fsp3) is 0.333. The van der Waals surface area contributed by atoms with Gasteiger partial charge in [0.25, 0.3) is 0 Å². The topological polar surface area (TPSA) is 39.2 Å². The largest absolute Gasteiger partial charge is 0.469 e. The fourth-order valence-corrected chi connectivity index (χ4v) is 0.623. The molecule has 0 saturated carbocycles. The number of aryl methyl sites for hydroxylation is 1. The molecule has 0 atom stereocenters. The van der Waals surface area contributed by atoms with Crippen LogP contribution in [0.15, 0.2) is 16.7 Å². The third-order valence-electron chi connectivity index (χ3n) is 1.19. The second-order valence-electron chi connectivity index (χ2n) is 1.71. The third kappa shape index (κ3) is 1.73. The van der Waals surface area contributed by atoms with Crippen molar-refractivity contribution in [2.75, 3.05) is 0 Å². The van der Waals surface area contributed by atoms with E-state index >= 15 is 0 Å². The normalized spacial score (nSPS) is 8.67. The second-order valence-corrected chi connectivity index (χ2v) is 1.71. The highest BCUT2D eigenvalue weighted by molar-refractivity contribution is 5.85. The zero-order valence-electron chi connectivity index (χ0n) is 5.26. The zero-order chi connectivity index (χ0) is 5.98. The molecule has 0 fully saturated rings. The minimum atomic E-state index is 0. The molecular formula is C6H10ClNO. The van der Waals surface area contributed by atoms with Crippen molar-refractivity contribution in [1.29, 1.82) is 0 Å². The van der Waals surface area contributed by atoms with Crippen LogP contribution in [-0.4, -0.2) is 0 Å². The Morgan fingerprint density at radius 3 is 2.56 bits per heavy atom. The molecule has 0 spiro atoms. The summed E-state index contributed by atoms with van der Waals surface area (Å²) < 4.78 is 4.98. The van der Waals surface area contributed by atoms with E-state index in [-0.39, 0.29) is 12.4 Å². The van der Waals surface area contributed by atoms with Crippen LogP contribution >= 0.6 is 12.4 Å². The summed E-state index contributed by atoms with van der Waals surface area (Å²) in [5.41, 5.74) is 6.42. The lowest BCUT2D eigenvalue weighted by Gasteiger charge is -1.86. The van der Waals surface area contributed by atoms with Crippen LogP contribution in [-0.2, 0) is 6.54 Å². The van der Waals surface area contributed by atoms with E-state index in [0.717, 1.165) is 11.3 Å². The van der Waals surface area contributed by atoms with Gasteiger partial charge in [-0.15, -0.1) is 12.4 Å². The van der Waals surface area contributed by atoms with Gasteiger partial charge in [-0.3, -0.25) is 0 Å². The molecule has 0 aromatic carbocycles. The monoisotopic (exact) mass is 147 g/mol. The molecule has 0 bridgehead atoms. The van der Waals surface area contributed by atoms with Crippen LogP contribution in [0, 0.1) is 6.92 Å². The van der Waals surface area contributed by atoms with E-state index < -0.39 is 0 Å². The molecule has 0 aliphatic heterocycles. The minimum Gasteiger partial charge on any atom is -0.469 e. The van der Waals surface area contributed by atoms with Crippen LogP contribution < -0.4 is 5.73 Å². The average Bonchev–Trinajstić information content (AvgIpc) is 2.14. The van der Waals surface area contributed by atoms with E-state index in [4.69, 9.17) is 10.2 Å². The van der Waals surface area contributed by atoms with Crippen molar-refractivity contribution in [2.24, 2.45) is 5.73 Å². The van der Waals surface area contributed by atoms with Crippen molar-refractivity contribution in [3.8, 4) is 0 Å². The van der Waals surface area contributed by atoms with E-state index in [0.29, 0.717) is 6.54 Å². The number of hydrogen-bond acceptors (Lipinski definition) is 2. The molecule has 2 nitrogen and oxygen atoms in total. The van der Waals surface area contributed by atoms with Gasteiger partial charge in [-0.05, 0) is 13.0 Å². The molecule has 0 unspecified atom stereocenters. The van der Waals surface area contributed by atoms with Crippen molar-refractivity contribution < 1.29 is 4.42 Å². The first-order chi connectivity index (χ1) is 3.84. The highest BCUT2D eigenvalue weighted by Gasteiger charge is 1.94. The third-order valence-corrected chi connectivity index (χ3v) is 1.19. The Kier molecular flexibility index (Phi) is 3.35. The molecule has 1 heterocycles. The van der Waals surface area contributed by atoms with E-state index in [2.05, 4.69) is 0 Å². The van der Waals surface area contributed by atoms with Crippen LogP contribution in [0.2, 0.25) is 0 Å². The van der Waals surface area contributed by atoms with Gasteiger partial charge >= 0.3 is 0 Å². The fourth-order valence-electron chi connectivity index (χ4n) is 0.623. The summed E-state index contributed by atoms with van der Waals surface area (Å²) in [5, 5.41) is 0. The minimum absolute atomic E-state index is 0. The van der Waals surface area contributed by atoms with Gasteiger partial charge < -0.3 is 10.2 Å². The van der Waals surface area contributed by atoms with Gasteiger partial charge in [0.15, 0.2) is 0 Å². The van der Waals surface area contributed by atoms with Crippen molar-refractivity contribution in [1.82, 2.24) is 0 Å². The van der Waals surface area contributed by atoms with Gasteiger partial charge in [-0.2, -0.15) is 0 Å². The summed E-state index contributed by atoms with van der Waals surface area (Å²) in [6, 6.07) is 1.88. The molecule has 3 heteroatoms. The zero-order valence-corrected chi connectivity index (χ0v) is 6.07. The molecular weight excluding hydrogens is 138 g/mol. The maximum atomic E-state index is 5.34. The molecule has 0 aliphatic rings. The molecule has 2 N–H and O–H groups in total.